The molecule has 21 heavy (non-hydrogen) atoms. The van der Waals surface area contributed by atoms with Crippen molar-refractivity contribution in [3.8, 4) is 5.69 Å². The van der Waals surface area contributed by atoms with Crippen molar-refractivity contribution in [3.63, 3.8) is 0 Å². The van der Waals surface area contributed by atoms with E-state index in [-0.39, 0.29) is 5.91 Å². The molecule has 1 aromatic carbocycles. The molecule has 1 aliphatic carbocycles. The van der Waals surface area contributed by atoms with Gasteiger partial charge in [0.15, 0.2) is 5.82 Å². The minimum atomic E-state index is 0.00809. The summed E-state index contributed by atoms with van der Waals surface area (Å²) >= 11 is 0. The maximum absolute atomic E-state index is 11.9. The van der Waals surface area contributed by atoms with Gasteiger partial charge in [-0.2, -0.15) is 4.68 Å². The van der Waals surface area contributed by atoms with Crippen molar-refractivity contribution in [3.05, 3.63) is 30.1 Å². The van der Waals surface area contributed by atoms with Crippen LogP contribution in [0.15, 0.2) is 24.3 Å². The van der Waals surface area contributed by atoms with Gasteiger partial charge in [0.1, 0.15) is 0 Å². The molecule has 110 valence electrons. The van der Waals surface area contributed by atoms with Gasteiger partial charge in [0.05, 0.1) is 5.69 Å². The quantitative estimate of drug-likeness (QED) is 0.829. The van der Waals surface area contributed by atoms with E-state index in [4.69, 9.17) is 0 Å². The number of nitrogens with zero attached hydrogens (tertiary/aromatic N) is 4. The lowest BCUT2D eigenvalue weighted by atomic mass is 10.2. The van der Waals surface area contributed by atoms with Crippen LogP contribution in [0, 0.1) is 6.92 Å². The molecule has 1 aromatic heterocycles. The van der Waals surface area contributed by atoms with Crippen LogP contribution in [-0.2, 0) is 4.79 Å². The number of tetrazole rings is 1. The maximum atomic E-state index is 11.9. The number of aryl methyl sites for hydroxylation is 1. The van der Waals surface area contributed by atoms with Gasteiger partial charge in [-0.1, -0.05) is 6.07 Å². The Morgan fingerprint density at radius 3 is 3.00 bits per heavy atom. The molecule has 0 unspecified atom stereocenters. The van der Waals surface area contributed by atoms with E-state index in [2.05, 4.69) is 26.2 Å². The first-order valence-electron chi connectivity index (χ1n) is 7.11. The van der Waals surface area contributed by atoms with Crippen molar-refractivity contribution in [2.45, 2.75) is 32.2 Å². The molecule has 2 aromatic rings. The largest absolute Gasteiger partial charge is 0.326 e. The number of aromatic nitrogens is 4. The molecule has 7 heteroatoms. The summed E-state index contributed by atoms with van der Waals surface area (Å²) < 4.78 is 1.63. The van der Waals surface area contributed by atoms with Crippen molar-refractivity contribution in [2.24, 2.45) is 0 Å². The van der Waals surface area contributed by atoms with Gasteiger partial charge in [-0.3, -0.25) is 4.79 Å². The lowest BCUT2D eigenvalue weighted by Crippen LogP contribution is -2.23. The van der Waals surface area contributed by atoms with Crippen LogP contribution in [0.25, 0.3) is 5.69 Å². The first kappa shape index (κ1) is 13.7. The summed E-state index contributed by atoms with van der Waals surface area (Å²) in [5.74, 6) is 0.709. The lowest BCUT2D eigenvalue weighted by molar-refractivity contribution is -0.116. The molecule has 2 N–H and O–H groups in total. The summed E-state index contributed by atoms with van der Waals surface area (Å²) in [5.41, 5.74) is 1.57. The second-order valence-corrected chi connectivity index (χ2v) is 5.21. The van der Waals surface area contributed by atoms with Gasteiger partial charge in [-0.05, 0) is 48.4 Å². The first-order valence-corrected chi connectivity index (χ1v) is 7.11. The Hall–Kier alpha value is -2.28. The van der Waals surface area contributed by atoms with E-state index in [1.165, 1.54) is 12.8 Å². The maximum Gasteiger partial charge on any atom is 0.225 e. The van der Waals surface area contributed by atoms with Crippen molar-refractivity contribution in [1.29, 1.82) is 0 Å². The number of anilines is 1. The zero-order valence-corrected chi connectivity index (χ0v) is 11.9. The number of rotatable bonds is 6. The van der Waals surface area contributed by atoms with E-state index in [1.54, 1.807) is 4.68 Å². The van der Waals surface area contributed by atoms with Crippen molar-refractivity contribution in [1.82, 2.24) is 25.5 Å². The number of amides is 1. The van der Waals surface area contributed by atoms with Crippen LogP contribution in [0.5, 0.6) is 0 Å². The van der Waals surface area contributed by atoms with Crippen LogP contribution in [0.2, 0.25) is 0 Å². The van der Waals surface area contributed by atoms with Crippen LogP contribution in [0.1, 0.15) is 25.1 Å². The first-order chi connectivity index (χ1) is 10.2. The standard InChI is InChI=1S/C14H18N6O/c1-10-17-18-19-20(10)13-4-2-3-12(9-13)16-14(21)7-8-15-11-5-6-11/h2-4,9,11,15H,5-8H2,1H3,(H,16,21). The van der Waals surface area contributed by atoms with Crippen LogP contribution >= 0.6 is 0 Å². The molecule has 0 aliphatic heterocycles. The van der Waals surface area contributed by atoms with E-state index in [0.29, 0.717) is 18.3 Å². The summed E-state index contributed by atoms with van der Waals surface area (Å²) in [5, 5.41) is 17.6. The molecule has 1 aliphatic rings. The van der Waals surface area contributed by atoms with E-state index in [0.717, 1.165) is 17.9 Å². The van der Waals surface area contributed by atoms with Crippen LogP contribution in [0.3, 0.4) is 0 Å². The third kappa shape index (κ3) is 3.63. The summed E-state index contributed by atoms with van der Waals surface area (Å²) in [6.07, 6.45) is 2.94. The number of hydrogen-bond donors (Lipinski definition) is 2. The van der Waals surface area contributed by atoms with Gasteiger partial charge in [0.2, 0.25) is 5.91 Å². The molecule has 1 heterocycles. The predicted molar refractivity (Wildman–Crippen MR) is 78.2 cm³/mol. The third-order valence-electron chi connectivity index (χ3n) is 3.36. The second kappa shape index (κ2) is 6.01. The SMILES string of the molecule is Cc1nnnn1-c1cccc(NC(=O)CCNC2CC2)c1. The molecule has 7 nitrogen and oxygen atoms in total. The fourth-order valence-corrected chi connectivity index (χ4v) is 2.09. The topological polar surface area (TPSA) is 84.7 Å². The average Bonchev–Trinajstić information content (AvgIpc) is 3.19. The smallest absolute Gasteiger partial charge is 0.225 e. The lowest BCUT2D eigenvalue weighted by Gasteiger charge is -2.08. The molecule has 1 fully saturated rings. The zero-order chi connectivity index (χ0) is 14.7. The van der Waals surface area contributed by atoms with Gasteiger partial charge >= 0.3 is 0 Å². The highest BCUT2D eigenvalue weighted by molar-refractivity contribution is 5.91. The highest BCUT2D eigenvalue weighted by atomic mass is 16.1. The number of carbonyl (C=O) groups is 1. The van der Waals surface area contributed by atoms with Crippen LogP contribution in [0.4, 0.5) is 5.69 Å². The fourth-order valence-electron chi connectivity index (χ4n) is 2.09. The highest BCUT2D eigenvalue weighted by Gasteiger charge is 2.20. The summed E-state index contributed by atoms with van der Waals surface area (Å²) in [6, 6.07) is 8.11. The average molecular weight is 286 g/mol. The van der Waals surface area contributed by atoms with Crippen LogP contribution < -0.4 is 10.6 Å². The zero-order valence-electron chi connectivity index (χ0n) is 11.9. The molecule has 1 saturated carbocycles. The Bertz CT molecular complexity index is 634. The van der Waals surface area contributed by atoms with Crippen molar-refractivity contribution < 1.29 is 4.79 Å². The van der Waals surface area contributed by atoms with Gasteiger partial charge in [-0.25, -0.2) is 0 Å². The Morgan fingerprint density at radius 2 is 2.29 bits per heavy atom. The van der Waals surface area contributed by atoms with Gasteiger partial charge in [-0.15, -0.1) is 5.10 Å². The minimum absolute atomic E-state index is 0.00809. The highest BCUT2D eigenvalue weighted by Crippen LogP contribution is 2.18. The van der Waals surface area contributed by atoms with E-state index < -0.39 is 0 Å². The van der Waals surface area contributed by atoms with Crippen molar-refractivity contribution >= 4 is 11.6 Å². The Labute approximate surface area is 122 Å². The van der Waals surface area contributed by atoms with Gasteiger partial charge in [0, 0.05) is 24.7 Å². The number of carbonyl (C=O) groups excluding carboxylic acids is 1. The molecule has 0 spiro atoms. The number of nitrogens with one attached hydrogen (secondary N) is 2. The Morgan fingerprint density at radius 1 is 1.43 bits per heavy atom. The fraction of sp³-hybridized carbons (Fsp3) is 0.429. The summed E-state index contributed by atoms with van der Waals surface area (Å²) in [6.45, 7) is 2.55. The molecular weight excluding hydrogens is 268 g/mol. The molecule has 1 amide bonds. The van der Waals surface area contributed by atoms with Gasteiger partial charge < -0.3 is 10.6 Å². The Balaban J connectivity index is 1.60. The summed E-state index contributed by atoms with van der Waals surface area (Å²) in [7, 11) is 0. The monoisotopic (exact) mass is 286 g/mol. The molecular formula is C14H18N6O. The molecule has 3 rings (SSSR count). The number of benzene rings is 1. The minimum Gasteiger partial charge on any atom is -0.326 e. The molecule has 0 atom stereocenters. The molecule has 0 bridgehead atoms. The van der Waals surface area contributed by atoms with Gasteiger partial charge in [0.25, 0.3) is 0 Å². The third-order valence-corrected chi connectivity index (χ3v) is 3.36. The van der Waals surface area contributed by atoms with E-state index in [1.807, 2.05) is 31.2 Å². The van der Waals surface area contributed by atoms with Crippen molar-refractivity contribution in [2.75, 3.05) is 11.9 Å². The number of hydrogen-bond acceptors (Lipinski definition) is 5. The molecule has 0 radical (unpaired) electrons. The summed E-state index contributed by atoms with van der Waals surface area (Å²) in [4.78, 5) is 11.9. The second-order valence-electron chi connectivity index (χ2n) is 5.21. The van der Waals surface area contributed by atoms with E-state index >= 15 is 0 Å². The normalized spacial score (nSPS) is 14.1. The van der Waals surface area contributed by atoms with Crippen LogP contribution in [-0.4, -0.2) is 38.7 Å². The van der Waals surface area contributed by atoms with E-state index in [9.17, 15) is 4.79 Å². The predicted octanol–water partition coefficient (Wildman–Crippen LogP) is 1.05. The Kier molecular flexibility index (Phi) is 3.92. The molecule has 0 saturated heterocycles.